The number of imidazole rings is 1. The first-order valence-corrected chi connectivity index (χ1v) is 6.70. The largest absolute Gasteiger partial charge is 0.324 e. The number of hydrogen-bond acceptors (Lipinski definition) is 4. The summed E-state index contributed by atoms with van der Waals surface area (Å²) in [6, 6.07) is 3.71. The Morgan fingerprint density at radius 3 is 2.68 bits per heavy atom. The molecule has 2 N–H and O–H groups in total. The molecule has 0 aliphatic carbocycles. The number of aromatic nitrogens is 3. The van der Waals surface area contributed by atoms with Gasteiger partial charge >= 0.3 is 0 Å². The second-order valence-electron chi connectivity index (χ2n) is 5.07. The first kappa shape index (κ1) is 18.4. The molecule has 2 aromatic rings. The fourth-order valence-corrected chi connectivity index (χ4v) is 2.14. The maximum Gasteiger partial charge on any atom is 0.227 e. The number of hydrogen-bond donors (Lipinski definition) is 2. The second-order valence-corrected chi connectivity index (χ2v) is 5.07. The van der Waals surface area contributed by atoms with Crippen LogP contribution in [0, 0.1) is 11.8 Å². The third-order valence-electron chi connectivity index (χ3n) is 3.72. The van der Waals surface area contributed by atoms with E-state index in [9.17, 15) is 4.79 Å². The quantitative estimate of drug-likeness (QED) is 0.889. The molecule has 1 atom stereocenters. The van der Waals surface area contributed by atoms with E-state index in [1.807, 2.05) is 29.8 Å². The lowest BCUT2D eigenvalue weighted by Crippen LogP contribution is -2.48. The fraction of sp³-hybridized carbons (Fsp3) is 0.357. The highest BCUT2D eigenvalue weighted by Crippen LogP contribution is 2.18. The van der Waals surface area contributed by atoms with E-state index in [1.54, 1.807) is 18.7 Å². The van der Waals surface area contributed by atoms with Gasteiger partial charge in [-0.25, -0.2) is 9.97 Å². The summed E-state index contributed by atoms with van der Waals surface area (Å²) >= 11 is 0. The molecule has 1 aliphatic heterocycles. The molecule has 0 saturated carbocycles. The summed E-state index contributed by atoms with van der Waals surface area (Å²) in [4.78, 5) is 20.4. The van der Waals surface area contributed by atoms with Crippen LogP contribution in [-0.2, 0) is 4.79 Å². The Morgan fingerprint density at radius 2 is 2.18 bits per heavy atom. The van der Waals surface area contributed by atoms with Crippen LogP contribution in [0.1, 0.15) is 6.92 Å². The molecular weight excluding hydrogens is 325 g/mol. The van der Waals surface area contributed by atoms with E-state index >= 15 is 0 Å². The van der Waals surface area contributed by atoms with Gasteiger partial charge in [0.1, 0.15) is 12.1 Å². The Hall–Kier alpha value is -1.63. The van der Waals surface area contributed by atoms with Crippen molar-refractivity contribution in [1.82, 2.24) is 19.9 Å². The molecule has 3 rings (SSSR count). The molecule has 8 heteroatoms. The smallest absolute Gasteiger partial charge is 0.227 e. The van der Waals surface area contributed by atoms with Crippen molar-refractivity contribution in [1.29, 1.82) is 0 Å². The molecule has 22 heavy (non-hydrogen) atoms. The number of pyridine rings is 1. The van der Waals surface area contributed by atoms with Gasteiger partial charge in [-0.2, -0.15) is 0 Å². The summed E-state index contributed by atoms with van der Waals surface area (Å²) < 4.78 is 1.81. The first-order chi connectivity index (χ1) is 9.74. The van der Waals surface area contributed by atoms with Gasteiger partial charge in [-0.05, 0) is 31.1 Å². The van der Waals surface area contributed by atoms with E-state index in [-0.39, 0.29) is 36.6 Å². The lowest BCUT2D eigenvalue weighted by atomic mass is 9.88. The standard InChI is InChI=1S/C14H17N5O.2ClH/c1-10(11-6-16-7-11)14(20)18-12-2-3-13(17-8-12)19-5-4-15-9-19;;/h2-5,8-11,16H,6-7H2,1H3,(H,18,20);2*1H. The van der Waals surface area contributed by atoms with Gasteiger partial charge in [-0.3, -0.25) is 9.36 Å². The minimum Gasteiger partial charge on any atom is -0.324 e. The predicted molar refractivity (Wildman–Crippen MR) is 90.0 cm³/mol. The van der Waals surface area contributed by atoms with Gasteiger partial charge in [0.2, 0.25) is 5.91 Å². The van der Waals surface area contributed by atoms with E-state index in [0.29, 0.717) is 5.92 Å². The first-order valence-electron chi connectivity index (χ1n) is 6.70. The predicted octanol–water partition coefficient (Wildman–Crippen LogP) is 1.90. The number of amides is 1. The number of nitrogens with one attached hydrogen (secondary N) is 2. The number of carbonyl (C=O) groups is 1. The average Bonchev–Trinajstić information content (AvgIpc) is 2.91. The summed E-state index contributed by atoms with van der Waals surface area (Å²) in [5.41, 5.74) is 0.720. The third kappa shape index (κ3) is 3.97. The molecule has 0 aromatic carbocycles. The van der Waals surface area contributed by atoms with E-state index in [4.69, 9.17) is 0 Å². The topological polar surface area (TPSA) is 71.8 Å². The Morgan fingerprint density at radius 1 is 1.41 bits per heavy atom. The van der Waals surface area contributed by atoms with Crippen molar-refractivity contribution in [3.63, 3.8) is 0 Å². The molecule has 0 spiro atoms. The number of halogens is 2. The Labute approximate surface area is 141 Å². The van der Waals surface area contributed by atoms with Crippen LogP contribution < -0.4 is 10.6 Å². The van der Waals surface area contributed by atoms with Crippen LogP contribution in [-0.4, -0.2) is 33.5 Å². The molecule has 1 aliphatic rings. The number of nitrogens with zero attached hydrogens (tertiary/aromatic N) is 3. The van der Waals surface area contributed by atoms with Crippen LogP contribution in [0.4, 0.5) is 5.69 Å². The normalized spacial score (nSPS) is 15.0. The van der Waals surface area contributed by atoms with Crippen LogP contribution in [0.2, 0.25) is 0 Å². The summed E-state index contributed by atoms with van der Waals surface area (Å²) in [5.74, 6) is 1.28. The van der Waals surface area contributed by atoms with Crippen molar-refractivity contribution in [3.8, 4) is 5.82 Å². The molecule has 1 fully saturated rings. The summed E-state index contributed by atoms with van der Waals surface area (Å²) in [7, 11) is 0. The Balaban J connectivity index is 0.00000121. The molecule has 3 heterocycles. The van der Waals surface area contributed by atoms with Crippen molar-refractivity contribution in [2.24, 2.45) is 11.8 Å². The number of carbonyl (C=O) groups excluding carboxylic acids is 1. The lowest BCUT2D eigenvalue weighted by Gasteiger charge is -2.31. The summed E-state index contributed by atoms with van der Waals surface area (Å²) in [6.07, 6.45) is 6.88. The van der Waals surface area contributed by atoms with Crippen molar-refractivity contribution < 1.29 is 4.79 Å². The van der Waals surface area contributed by atoms with Crippen molar-refractivity contribution in [3.05, 3.63) is 37.1 Å². The molecule has 1 amide bonds. The monoisotopic (exact) mass is 343 g/mol. The van der Waals surface area contributed by atoms with Gasteiger partial charge in [0.15, 0.2) is 0 Å². The Kier molecular flexibility index (Phi) is 6.80. The van der Waals surface area contributed by atoms with E-state index in [1.165, 1.54) is 0 Å². The fourth-order valence-electron chi connectivity index (χ4n) is 2.14. The highest BCUT2D eigenvalue weighted by Gasteiger charge is 2.28. The minimum atomic E-state index is 0. The Bertz CT molecular complexity index is 584. The van der Waals surface area contributed by atoms with E-state index < -0.39 is 0 Å². The molecule has 1 unspecified atom stereocenters. The van der Waals surface area contributed by atoms with Gasteiger partial charge in [-0.1, -0.05) is 6.92 Å². The van der Waals surface area contributed by atoms with E-state index in [0.717, 1.165) is 24.6 Å². The van der Waals surface area contributed by atoms with Crippen molar-refractivity contribution in [2.45, 2.75) is 6.92 Å². The third-order valence-corrected chi connectivity index (χ3v) is 3.72. The van der Waals surface area contributed by atoms with Gasteiger partial charge in [-0.15, -0.1) is 24.8 Å². The lowest BCUT2D eigenvalue weighted by molar-refractivity contribution is -0.121. The van der Waals surface area contributed by atoms with E-state index in [2.05, 4.69) is 20.6 Å². The molecule has 1 saturated heterocycles. The van der Waals surface area contributed by atoms with Crippen molar-refractivity contribution >= 4 is 36.4 Å². The van der Waals surface area contributed by atoms with Crippen molar-refractivity contribution in [2.75, 3.05) is 18.4 Å². The van der Waals surface area contributed by atoms with Gasteiger partial charge < -0.3 is 10.6 Å². The molecule has 0 radical (unpaired) electrons. The van der Waals surface area contributed by atoms with Crippen LogP contribution in [0.15, 0.2) is 37.1 Å². The zero-order chi connectivity index (χ0) is 13.9. The maximum absolute atomic E-state index is 12.1. The maximum atomic E-state index is 12.1. The average molecular weight is 344 g/mol. The molecule has 2 aromatic heterocycles. The number of anilines is 1. The molecule has 0 bridgehead atoms. The van der Waals surface area contributed by atoms with Crippen LogP contribution in [0.3, 0.4) is 0 Å². The highest BCUT2D eigenvalue weighted by molar-refractivity contribution is 5.92. The minimum absolute atomic E-state index is 0. The molecular formula is C14H19Cl2N5O. The molecule has 6 nitrogen and oxygen atoms in total. The van der Waals surface area contributed by atoms with Crippen LogP contribution in [0.5, 0.6) is 0 Å². The van der Waals surface area contributed by atoms with Gasteiger partial charge in [0.25, 0.3) is 0 Å². The summed E-state index contributed by atoms with van der Waals surface area (Å²) in [5, 5.41) is 6.09. The number of rotatable bonds is 4. The van der Waals surface area contributed by atoms with Crippen LogP contribution >= 0.6 is 24.8 Å². The van der Waals surface area contributed by atoms with Gasteiger partial charge in [0.05, 0.1) is 11.9 Å². The summed E-state index contributed by atoms with van der Waals surface area (Å²) in [6.45, 7) is 3.81. The van der Waals surface area contributed by atoms with Gasteiger partial charge in [0, 0.05) is 18.3 Å². The SMILES string of the molecule is CC(C(=O)Nc1ccc(-n2ccnc2)nc1)C1CNC1.Cl.Cl. The zero-order valence-corrected chi connectivity index (χ0v) is 13.7. The highest BCUT2D eigenvalue weighted by atomic mass is 35.5. The second kappa shape index (κ2) is 8.12. The van der Waals surface area contributed by atoms with Crippen LogP contribution in [0.25, 0.3) is 5.82 Å². The molecule has 120 valence electrons. The zero-order valence-electron chi connectivity index (χ0n) is 12.1.